The first-order valence-electron chi connectivity index (χ1n) is 6.95. The number of rotatable bonds is 2. The zero-order valence-corrected chi connectivity index (χ0v) is 10.9. The van der Waals surface area contributed by atoms with E-state index in [0.717, 1.165) is 24.6 Å². The van der Waals surface area contributed by atoms with Gasteiger partial charge in [0.1, 0.15) is 5.84 Å². The van der Waals surface area contributed by atoms with Gasteiger partial charge in [-0.1, -0.05) is 12.8 Å². The molecule has 2 heterocycles. The van der Waals surface area contributed by atoms with E-state index in [1.807, 2.05) is 6.21 Å². The minimum absolute atomic E-state index is 0.427. The average molecular weight is 247 g/mol. The van der Waals surface area contributed by atoms with Crippen molar-refractivity contribution in [3.63, 3.8) is 0 Å². The van der Waals surface area contributed by atoms with E-state index in [4.69, 9.17) is 4.99 Å². The Bertz CT molecular complexity index is 398. The molecule has 1 saturated carbocycles. The van der Waals surface area contributed by atoms with Gasteiger partial charge in [0.25, 0.3) is 0 Å². The van der Waals surface area contributed by atoms with E-state index in [1.54, 1.807) is 0 Å². The summed E-state index contributed by atoms with van der Waals surface area (Å²) in [5.41, 5.74) is 4.04. The first-order valence-corrected chi connectivity index (χ1v) is 6.95. The Morgan fingerprint density at radius 1 is 1.39 bits per heavy atom. The molecule has 0 bridgehead atoms. The van der Waals surface area contributed by atoms with Gasteiger partial charge in [0.05, 0.1) is 18.3 Å². The van der Waals surface area contributed by atoms with Gasteiger partial charge in [0.15, 0.2) is 0 Å². The van der Waals surface area contributed by atoms with Gasteiger partial charge in [0, 0.05) is 24.7 Å². The number of nitrogens with one attached hydrogen (secondary N) is 2. The van der Waals surface area contributed by atoms with Gasteiger partial charge in [-0.15, -0.1) is 0 Å². The Kier molecular flexibility index (Phi) is 3.30. The van der Waals surface area contributed by atoms with Crippen LogP contribution in [0.25, 0.3) is 0 Å². The fourth-order valence-corrected chi connectivity index (χ4v) is 2.89. The van der Waals surface area contributed by atoms with E-state index in [1.165, 1.54) is 25.7 Å². The van der Waals surface area contributed by atoms with E-state index in [2.05, 4.69) is 27.8 Å². The smallest absolute Gasteiger partial charge is 0.142 e. The molecule has 0 aromatic carbocycles. The number of hydrogen-bond acceptors (Lipinski definition) is 4. The van der Waals surface area contributed by atoms with Crippen molar-refractivity contribution in [2.45, 2.75) is 44.7 Å². The van der Waals surface area contributed by atoms with E-state index in [-0.39, 0.29) is 0 Å². The average Bonchev–Trinajstić information content (AvgIpc) is 2.89. The molecule has 3 aliphatic rings. The molecule has 98 valence electrons. The van der Waals surface area contributed by atoms with Crippen molar-refractivity contribution >= 4 is 17.8 Å². The van der Waals surface area contributed by atoms with Crippen LogP contribution in [0.15, 0.2) is 15.1 Å². The first-order chi connectivity index (χ1) is 8.83. The molecule has 5 nitrogen and oxygen atoms in total. The Hall–Kier alpha value is -1.39. The molecule has 1 fully saturated rings. The molecule has 3 unspecified atom stereocenters. The number of aliphatic imine (C=N–C) groups is 2. The van der Waals surface area contributed by atoms with Crippen molar-refractivity contribution in [3.05, 3.63) is 0 Å². The second-order valence-electron chi connectivity index (χ2n) is 5.41. The van der Waals surface area contributed by atoms with Crippen molar-refractivity contribution in [1.29, 1.82) is 0 Å². The summed E-state index contributed by atoms with van der Waals surface area (Å²) < 4.78 is 0. The van der Waals surface area contributed by atoms with Crippen molar-refractivity contribution < 1.29 is 0 Å². The number of nitrogens with zero attached hydrogens (tertiary/aromatic N) is 3. The topological polar surface area (TPSA) is 61.1 Å². The van der Waals surface area contributed by atoms with Crippen LogP contribution in [0.3, 0.4) is 0 Å². The number of hydrogen-bond donors (Lipinski definition) is 2. The summed E-state index contributed by atoms with van der Waals surface area (Å²) >= 11 is 0. The zero-order valence-electron chi connectivity index (χ0n) is 10.9. The summed E-state index contributed by atoms with van der Waals surface area (Å²) in [6.45, 7) is 3.76. The van der Waals surface area contributed by atoms with Crippen LogP contribution in [0.5, 0.6) is 0 Å². The summed E-state index contributed by atoms with van der Waals surface area (Å²) in [6, 6.07) is 0.990. The third-order valence-electron chi connectivity index (χ3n) is 3.97. The van der Waals surface area contributed by atoms with Crippen molar-refractivity contribution in [1.82, 2.24) is 10.7 Å². The van der Waals surface area contributed by atoms with E-state index >= 15 is 0 Å². The van der Waals surface area contributed by atoms with Crippen LogP contribution >= 0.6 is 0 Å². The third kappa shape index (κ3) is 2.40. The predicted molar refractivity (Wildman–Crippen MR) is 74.6 cm³/mol. The Morgan fingerprint density at radius 2 is 2.28 bits per heavy atom. The lowest BCUT2D eigenvalue weighted by Gasteiger charge is -2.34. The Morgan fingerprint density at radius 3 is 3.11 bits per heavy atom. The standard InChI is InChI=1S/C13H21N5/c1-9-13(14-6-10-7-15-16-8-10)18-12-5-3-2-4-11(12)17-9/h7,10-12,16H,2-6,8H2,1H3,(H,14,18). The quantitative estimate of drug-likeness (QED) is 0.763. The maximum Gasteiger partial charge on any atom is 0.142 e. The highest BCUT2D eigenvalue weighted by Crippen LogP contribution is 2.23. The molecule has 0 amide bonds. The van der Waals surface area contributed by atoms with Gasteiger partial charge in [-0.2, -0.15) is 5.10 Å². The summed E-state index contributed by atoms with van der Waals surface area (Å²) in [5, 5.41) is 7.60. The minimum atomic E-state index is 0.427. The zero-order chi connectivity index (χ0) is 12.4. The number of hydrazone groups is 1. The van der Waals surface area contributed by atoms with Gasteiger partial charge >= 0.3 is 0 Å². The van der Waals surface area contributed by atoms with Crippen molar-refractivity contribution in [2.24, 2.45) is 21.0 Å². The molecule has 18 heavy (non-hydrogen) atoms. The molecular formula is C13H21N5. The lowest BCUT2D eigenvalue weighted by molar-refractivity contribution is 0.357. The monoisotopic (exact) mass is 247 g/mol. The normalized spacial score (nSPS) is 36.8. The van der Waals surface area contributed by atoms with Crippen molar-refractivity contribution in [3.8, 4) is 0 Å². The fourth-order valence-electron chi connectivity index (χ4n) is 2.89. The third-order valence-corrected chi connectivity index (χ3v) is 3.97. The molecule has 0 radical (unpaired) electrons. The predicted octanol–water partition coefficient (Wildman–Crippen LogP) is 0.965. The highest BCUT2D eigenvalue weighted by Gasteiger charge is 2.29. The fraction of sp³-hybridized carbons (Fsp3) is 0.769. The molecule has 0 saturated heterocycles. The first kappa shape index (κ1) is 11.7. The van der Waals surface area contributed by atoms with Gasteiger partial charge in [-0.3, -0.25) is 9.98 Å². The molecule has 0 aromatic heterocycles. The molecular weight excluding hydrogens is 226 g/mol. The minimum Gasteiger partial charge on any atom is -0.364 e. The largest absolute Gasteiger partial charge is 0.364 e. The van der Waals surface area contributed by atoms with E-state index in [0.29, 0.717) is 18.0 Å². The molecule has 5 heteroatoms. The summed E-state index contributed by atoms with van der Waals surface area (Å²) in [4.78, 5) is 9.49. The van der Waals surface area contributed by atoms with Crippen LogP contribution in [0.1, 0.15) is 32.6 Å². The van der Waals surface area contributed by atoms with Crippen LogP contribution in [0.4, 0.5) is 0 Å². The lowest BCUT2D eigenvalue weighted by atomic mass is 9.89. The summed E-state index contributed by atoms with van der Waals surface area (Å²) in [7, 11) is 0. The summed E-state index contributed by atoms with van der Waals surface area (Å²) in [5.74, 6) is 1.43. The van der Waals surface area contributed by atoms with E-state index < -0.39 is 0 Å². The molecule has 3 rings (SSSR count). The van der Waals surface area contributed by atoms with Gasteiger partial charge in [-0.25, -0.2) is 0 Å². The van der Waals surface area contributed by atoms with Crippen LogP contribution in [-0.2, 0) is 0 Å². The van der Waals surface area contributed by atoms with Crippen molar-refractivity contribution in [2.75, 3.05) is 13.1 Å². The second kappa shape index (κ2) is 5.08. The second-order valence-corrected chi connectivity index (χ2v) is 5.41. The number of amidine groups is 1. The molecule has 2 N–H and O–H groups in total. The van der Waals surface area contributed by atoms with Gasteiger partial charge in [0.2, 0.25) is 0 Å². The summed E-state index contributed by atoms with van der Waals surface area (Å²) in [6.07, 6.45) is 7.03. The number of fused-ring (bicyclic) bond motifs is 1. The highest BCUT2D eigenvalue weighted by atomic mass is 15.3. The maximum atomic E-state index is 4.80. The van der Waals surface area contributed by atoms with Crippen LogP contribution < -0.4 is 10.7 Å². The van der Waals surface area contributed by atoms with Crippen LogP contribution in [0.2, 0.25) is 0 Å². The van der Waals surface area contributed by atoms with Gasteiger partial charge < -0.3 is 10.7 Å². The van der Waals surface area contributed by atoms with E-state index in [9.17, 15) is 0 Å². The van der Waals surface area contributed by atoms with Crippen LogP contribution in [0, 0.1) is 5.92 Å². The SMILES string of the molecule is CC1=NC2CCCCC2NC1=NCC1C=NNC1. The Labute approximate surface area is 108 Å². The lowest BCUT2D eigenvalue weighted by Crippen LogP contribution is -2.51. The molecule has 0 spiro atoms. The van der Waals surface area contributed by atoms with Crippen LogP contribution in [-0.4, -0.2) is 42.9 Å². The highest BCUT2D eigenvalue weighted by molar-refractivity contribution is 6.41. The maximum absolute atomic E-state index is 4.80. The molecule has 0 aromatic rings. The molecule has 3 atom stereocenters. The Balaban J connectivity index is 1.68. The molecule has 2 aliphatic heterocycles. The van der Waals surface area contributed by atoms with Gasteiger partial charge in [-0.05, 0) is 19.8 Å². The molecule has 1 aliphatic carbocycles.